The maximum absolute atomic E-state index is 15.8. The van der Waals surface area contributed by atoms with Gasteiger partial charge in [-0.05, 0) is 67.9 Å². The monoisotopic (exact) mass is 746 g/mol. The standard InChI is InChI=1S/C50H54N2O4/c1-43(2,3)33-13-27-17-47-19-31(25-51)38(35(23-47)45(7,8)9)50(41(47)53)22-30-16-34(44(4,5)6)14-28(40(30)56-50)18-48-20-32(26-52)37(36(24-48)46(10,11)12)49(42(48)54)21-29(15-33)39(27)55-49/h13-16,19-20,23-24,37-38H,17-18,21-22H2,1-12H3. The molecule has 3 aliphatic heterocycles. The molecule has 6 atom stereocenters. The third-order valence-corrected chi connectivity index (χ3v) is 14.1. The van der Waals surface area contributed by atoms with Gasteiger partial charge in [0.25, 0.3) is 0 Å². The Balaban J connectivity index is 1.42. The molecule has 6 unspecified atom stereocenters. The van der Waals surface area contributed by atoms with Gasteiger partial charge in [-0.25, -0.2) is 0 Å². The fourth-order valence-corrected chi connectivity index (χ4v) is 11.4. The first-order valence-electron chi connectivity index (χ1n) is 20.4. The van der Waals surface area contributed by atoms with Crippen LogP contribution in [0.4, 0.5) is 0 Å². The van der Waals surface area contributed by atoms with Crippen LogP contribution in [0.5, 0.6) is 11.5 Å². The van der Waals surface area contributed by atoms with Gasteiger partial charge in [-0.15, -0.1) is 0 Å². The highest BCUT2D eigenvalue weighted by atomic mass is 16.5. The Labute approximate surface area is 332 Å². The Hall–Kier alpha value is -4.68. The van der Waals surface area contributed by atoms with E-state index >= 15 is 9.59 Å². The molecular formula is C50H54N2O4. The van der Waals surface area contributed by atoms with E-state index in [0.29, 0.717) is 35.5 Å². The maximum Gasteiger partial charge on any atom is 0.191 e. The molecule has 0 amide bonds. The predicted molar refractivity (Wildman–Crippen MR) is 216 cm³/mol. The lowest BCUT2D eigenvalue weighted by atomic mass is 9.50. The average Bonchev–Trinajstić information content (AvgIpc) is 3.67. The number of nitriles is 2. The van der Waals surface area contributed by atoms with Crippen LogP contribution in [0.15, 0.2) is 70.9 Å². The van der Waals surface area contributed by atoms with E-state index in [0.717, 1.165) is 44.5 Å². The Morgan fingerprint density at radius 3 is 1.12 bits per heavy atom. The summed E-state index contributed by atoms with van der Waals surface area (Å²) in [5.41, 5.74) is 2.56. The molecule has 56 heavy (non-hydrogen) atoms. The van der Waals surface area contributed by atoms with Crippen molar-refractivity contribution < 1.29 is 19.1 Å². The number of ketones is 2. The van der Waals surface area contributed by atoms with Crippen molar-refractivity contribution in [2.75, 3.05) is 0 Å². The summed E-state index contributed by atoms with van der Waals surface area (Å²) in [7, 11) is 0. The summed E-state index contributed by atoms with van der Waals surface area (Å²) in [4.78, 5) is 31.6. The summed E-state index contributed by atoms with van der Waals surface area (Å²) in [5.74, 6) is 0.0676. The van der Waals surface area contributed by atoms with Gasteiger partial charge in [0.2, 0.25) is 0 Å². The highest BCUT2D eigenvalue weighted by molar-refractivity contribution is 6.04. The van der Waals surface area contributed by atoms with Gasteiger partial charge in [0, 0.05) is 24.0 Å². The van der Waals surface area contributed by atoms with Crippen molar-refractivity contribution in [2.24, 2.45) is 33.5 Å². The van der Waals surface area contributed by atoms with Crippen molar-refractivity contribution in [3.63, 3.8) is 0 Å². The first kappa shape index (κ1) is 36.9. The molecule has 8 bridgehead atoms. The van der Waals surface area contributed by atoms with E-state index in [4.69, 9.17) is 9.47 Å². The molecule has 2 aromatic rings. The Morgan fingerprint density at radius 1 is 0.518 bits per heavy atom. The van der Waals surface area contributed by atoms with Gasteiger partial charge in [0.05, 0.1) is 34.8 Å². The third-order valence-electron chi connectivity index (χ3n) is 14.1. The lowest BCUT2D eigenvalue weighted by molar-refractivity contribution is -0.146. The molecule has 6 nitrogen and oxygen atoms in total. The summed E-state index contributed by atoms with van der Waals surface area (Å²) in [6.45, 7) is 26.0. The fraction of sp³-hybridized carbons (Fsp3) is 0.520. The van der Waals surface area contributed by atoms with Gasteiger partial charge < -0.3 is 9.47 Å². The second-order valence-electron chi connectivity index (χ2n) is 22.2. The fourth-order valence-electron chi connectivity index (χ4n) is 11.4. The van der Waals surface area contributed by atoms with Gasteiger partial charge in [-0.3, -0.25) is 9.59 Å². The zero-order valence-corrected chi connectivity index (χ0v) is 35.1. The number of allylic oxidation sites excluding steroid dienone is 4. The maximum atomic E-state index is 15.8. The number of hydrogen-bond donors (Lipinski definition) is 0. The number of carbonyl (C=O) groups excluding carboxylic acids is 2. The van der Waals surface area contributed by atoms with Crippen LogP contribution in [0.25, 0.3) is 0 Å². The molecule has 0 saturated carbocycles. The molecule has 0 fully saturated rings. The number of rotatable bonds is 0. The summed E-state index contributed by atoms with van der Waals surface area (Å²) < 4.78 is 14.7. The smallest absolute Gasteiger partial charge is 0.191 e. The molecule has 4 spiro atoms. The van der Waals surface area contributed by atoms with Crippen molar-refractivity contribution in [3.8, 4) is 23.6 Å². The van der Waals surface area contributed by atoms with E-state index in [1.54, 1.807) is 0 Å². The number of carbonyl (C=O) groups is 2. The van der Waals surface area contributed by atoms with Crippen LogP contribution in [0.3, 0.4) is 0 Å². The summed E-state index contributed by atoms with van der Waals surface area (Å²) in [6.07, 6.45) is 9.27. The predicted octanol–water partition coefficient (Wildman–Crippen LogP) is 9.67. The molecule has 9 aliphatic rings. The molecular weight excluding hydrogens is 693 g/mol. The summed E-state index contributed by atoms with van der Waals surface area (Å²) in [6, 6.07) is 13.8. The van der Waals surface area contributed by atoms with Crippen LogP contribution in [0.2, 0.25) is 0 Å². The van der Waals surface area contributed by atoms with Crippen molar-refractivity contribution in [1.29, 1.82) is 10.5 Å². The molecule has 0 radical (unpaired) electrons. The number of nitrogens with zero attached hydrogens (tertiary/aromatic N) is 2. The normalized spacial score (nSPS) is 32.3. The molecule has 0 saturated heterocycles. The van der Waals surface area contributed by atoms with E-state index < -0.39 is 33.9 Å². The minimum absolute atomic E-state index is 0.0290. The van der Waals surface area contributed by atoms with Gasteiger partial charge in [0.15, 0.2) is 22.8 Å². The molecule has 2 aromatic carbocycles. The van der Waals surface area contributed by atoms with E-state index in [1.807, 2.05) is 12.2 Å². The van der Waals surface area contributed by atoms with Gasteiger partial charge in [-0.1, -0.05) is 143 Å². The summed E-state index contributed by atoms with van der Waals surface area (Å²) in [5, 5.41) is 21.9. The first-order chi connectivity index (χ1) is 25.8. The van der Waals surface area contributed by atoms with Gasteiger partial charge in [-0.2, -0.15) is 10.5 Å². The van der Waals surface area contributed by atoms with E-state index in [-0.39, 0.29) is 46.1 Å². The Bertz CT molecular complexity index is 2280. The van der Waals surface area contributed by atoms with E-state index in [1.165, 1.54) is 0 Å². The lowest BCUT2D eigenvalue weighted by Crippen LogP contribution is -2.64. The highest BCUT2D eigenvalue weighted by Crippen LogP contribution is 2.65. The quantitative estimate of drug-likeness (QED) is 0.249. The van der Waals surface area contributed by atoms with Crippen molar-refractivity contribution in [2.45, 2.75) is 131 Å². The lowest BCUT2D eigenvalue weighted by Gasteiger charge is -2.54. The second kappa shape index (κ2) is 10.6. The molecule has 0 N–H and O–H groups in total. The van der Waals surface area contributed by atoms with Crippen LogP contribution in [0, 0.1) is 56.2 Å². The molecule has 6 heteroatoms. The molecule has 288 valence electrons. The zero-order valence-electron chi connectivity index (χ0n) is 35.1. The Kier molecular flexibility index (Phi) is 7.01. The molecule has 3 heterocycles. The van der Waals surface area contributed by atoms with Gasteiger partial charge in [0.1, 0.15) is 11.5 Å². The van der Waals surface area contributed by atoms with Crippen LogP contribution < -0.4 is 9.47 Å². The SMILES string of the molecule is CC(C)(C)C1=CC23C=C(C#N)C1C1(Cc4cc(C(C)(C)C)cc(c4O1)CC14C=C(C#N)C(C(C(C)(C)C)=C1)C1(Cc5cc(C(C)(C)C)cc(c5O1)C2)C4=O)C3=O. The topological polar surface area (TPSA) is 100 Å². The molecule has 11 rings (SSSR count). The van der Waals surface area contributed by atoms with Gasteiger partial charge >= 0.3 is 0 Å². The largest absolute Gasteiger partial charge is 0.477 e. The molecule has 0 aromatic heterocycles. The number of Topliss-reactive ketones (excluding diaryl/α,β-unsaturated/α-hetero) is 2. The van der Waals surface area contributed by atoms with Crippen molar-refractivity contribution in [3.05, 3.63) is 104 Å². The highest BCUT2D eigenvalue weighted by Gasteiger charge is 2.70. The third kappa shape index (κ3) is 4.65. The molecule has 6 aliphatic carbocycles. The number of hydrogen-bond acceptors (Lipinski definition) is 6. The minimum atomic E-state index is -1.35. The van der Waals surface area contributed by atoms with E-state index in [2.05, 4.69) is 132 Å². The van der Waals surface area contributed by atoms with Crippen LogP contribution in [-0.4, -0.2) is 22.8 Å². The minimum Gasteiger partial charge on any atom is -0.477 e. The average molecular weight is 747 g/mol. The van der Waals surface area contributed by atoms with Crippen LogP contribution >= 0.6 is 0 Å². The van der Waals surface area contributed by atoms with Crippen molar-refractivity contribution in [1.82, 2.24) is 0 Å². The van der Waals surface area contributed by atoms with Crippen molar-refractivity contribution >= 4 is 11.6 Å². The second-order valence-corrected chi connectivity index (χ2v) is 22.2. The number of ether oxygens (including phenoxy) is 2. The van der Waals surface area contributed by atoms with Crippen LogP contribution in [-0.2, 0) is 46.1 Å². The van der Waals surface area contributed by atoms with E-state index in [9.17, 15) is 10.5 Å². The van der Waals surface area contributed by atoms with Crippen LogP contribution in [0.1, 0.15) is 116 Å². The zero-order chi connectivity index (χ0) is 40.6. The Morgan fingerprint density at radius 2 is 0.839 bits per heavy atom. The summed E-state index contributed by atoms with van der Waals surface area (Å²) >= 11 is 0. The first-order valence-corrected chi connectivity index (χ1v) is 20.4. The number of benzene rings is 2.